The Balaban J connectivity index is 1.75. The van der Waals surface area contributed by atoms with Crippen LogP contribution in [0.4, 0.5) is 0 Å². The number of Topliss-reactive ketones (excluding diaryl/α,β-unsaturated/α-hetero) is 1. The molecule has 0 radical (unpaired) electrons. The Hall–Kier alpha value is -4.13. The zero-order chi connectivity index (χ0) is 25.8. The molecule has 2 heterocycles. The van der Waals surface area contributed by atoms with Gasteiger partial charge in [-0.1, -0.05) is 32.0 Å². The summed E-state index contributed by atoms with van der Waals surface area (Å²) in [5.41, 5.74) is 2.60. The fourth-order valence-corrected chi connectivity index (χ4v) is 4.19. The molecular weight excluding hydrogens is 456 g/mol. The number of amides is 1. The van der Waals surface area contributed by atoms with Crippen LogP contribution in [0, 0.1) is 12.8 Å². The Labute approximate surface area is 211 Å². The number of hydrogen-bond donors (Lipinski definition) is 1. The standard InChI is InChI=1S/C29H30N2O5/c1-18(2)17-36-24-13-10-21(15-19(24)3)27(32)25-26(23-7-5-6-14-30-23)31(29(34)28(25)33)16-20-8-11-22(35-4)12-9-20/h5-15,18,26,32H,16-17H2,1-4H3/b27-25-. The van der Waals surface area contributed by atoms with Gasteiger partial charge in [-0.15, -0.1) is 0 Å². The molecule has 1 fully saturated rings. The average molecular weight is 487 g/mol. The summed E-state index contributed by atoms with van der Waals surface area (Å²) in [5.74, 6) is 0.114. The number of carbonyl (C=O) groups is 2. The molecule has 1 unspecified atom stereocenters. The van der Waals surface area contributed by atoms with Gasteiger partial charge in [-0.05, 0) is 66.4 Å². The highest BCUT2D eigenvalue weighted by Gasteiger charge is 2.46. The highest BCUT2D eigenvalue weighted by atomic mass is 16.5. The number of aromatic nitrogens is 1. The Bertz CT molecular complexity index is 1280. The minimum absolute atomic E-state index is 0.0162. The maximum Gasteiger partial charge on any atom is 0.296 e. The van der Waals surface area contributed by atoms with Crippen molar-refractivity contribution in [2.75, 3.05) is 13.7 Å². The molecule has 0 spiro atoms. The maximum absolute atomic E-state index is 13.3. The Morgan fingerprint density at radius 3 is 2.44 bits per heavy atom. The fraction of sp³-hybridized carbons (Fsp3) is 0.276. The van der Waals surface area contributed by atoms with E-state index in [0.717, 1.165) is 11.1 Å². The second-order valence-electron chi connectivity index (χ2n) is 9.21. The second-order valence-corrected chi connectivity index (χ2v) is 9.21. The molecule has 1 N–H and O–H groups in total. The molecule has 1 atom stereocenters. The van der Waals surface area contributed by atoms with Crippen molar-refractivity contribution in [1.82, 2.24) is 9.88 Å². The van der Waals surface area contributed by atoms with Crippen LogP contribution in [-0.4, -0.2) is 40.4 Å². The number of aliphatic hydroxyl groups is 1. The molecule has 36 heavy (non-hydrogen) atoms. The fourth-order valence-electron chi connectivity index (χ4n) is 4.19. The van der Waals surface area contributed by atoms with Crippen molar-refractivity contribution >= 4 is 17.4 Å². The van der Waals surface area contributed by atoms with E-state index in [1.165, 1.54) is 4.90 Å². The smallest absolute Gasteiger partial charge is 0.296 e. The number of aliphatic hydroxyl groups excluding tert-OH is 1. The summed E-state index contributed by atoms with van der Waals surface area (Å²) in [5, 5.41) is 11.3. The normalized spacial score (nSPS) is 17.0. The first-order chi connectivity index (χ1) is 17.3. The molecular formula is C29H30N2O5. The highest BCUT2D eigenvalue weighted by Crippen LogP contribution is 2.40. The van der Waals surface area contributed by atoms with E-state index in [1.54, 1.807) is 61.8 Å². The predicted molar refractivity (Wildman–Crippen MR) is 137 cm³/mol. The number of aryl methyl sites for hydroxylation is 1. The van der Waals surface area contributed by atoms with Crippen LogP contribution in [-0.2, 0) is 16.1 Å². The van der Waals surface area contributed by atoms with E-state index < -0.39 is 17.7 Å². The summed E-state index contributed by atoms with van der Waals surface area (Å²) < 4.78 is 11.1. The van der Waals surface area contributed by atoms with Gasteiger partial charge in [0.15, 0.2) is 0 Å². The third-order valence-electron chi connectivity index (χ3n) is 6.04. The third kappa shape index (κ3) is 5.10. The van der Waals surface area contributed by atoms with E-state index in [4.69, 9.17) is 9.47 Å². The monoisotopic (exact) mass is 486 g/mol. The topological polar surface area (TPSA) is 89.0 Å². The predicted octanol–water partition coefficient (Wildman–Crippen LogP) is 5.06. The van der Waals surface area contributed by atoms with E-state index in [0.29, 0.717) is 35.3 Å². The lowest BCUT2D eigenvalue weighted by Crippen LogP contribution is -2.29. The molecule has 186 valence electrons. The van der Waals surface area contributed by atoms with Crippen molar-refractivity contribution in [2.24, 2.45) is 5.92 Å². The van der Waals surface area contributed by atoms with E-state index in [-0.39, 0.29) is 17.9 Å². The summed E-state index contributed by atoms with van der Waals surface area (Å²) in [6, 6.07) is 17.0. The zero-order valence-corrected chi connectivity index (χ0v) is 20.9. The van der Waals surface area contributed by atoms with Crippen LogP contribution in [0.15, 0.2) is 72.4 Å². The zero-order valence-electron chi connectivity index (χ0n) is 20.9. The van der Waals surface area contributed by atoms with Gasteiger partial charge in [-0.2, -0.15) is 0 Å². The molecule has 4 rings (SSSR count). The van der Waals surface area contributed by atoms with Gasteiger partial charge in [0.25, 0.3) is 11.7 Å². The number of methoxy groups -OCH3 is 1. The first-order valence-electron chi connectivity index (χ1n) is 11.9. The van der Waals surface area contributed by atoms with Gasteiger partial charge in [0.05, 0.1) is 25.0 Å². The number of ether oxygens (including phenoxy) is 2. The van der Waals surface area contributed by atoms with Gasteiger partial charge in [0.2, 0.25) is 0 Å². The average Bonchev–Trinajstić information content (AvgIpc) is 3.13. The second kappa shape index (κ2) is 10.6. The minimum atomic E-state index is -0.828. The van der Waals surface area contributed by atoms with Crippen LogP contribution in [0.3, 0.4) is 0 Å². The van der Waals surface area contributed by atoms with Crippen molar-refractivity contribution in [3.8, 4) is 11.5 Å². The molecule has 1 saturated heterocycles. The Morgan fingerprint density at radius 2 is 1.83 bits per heavy atom. The van der Waals surface area contributed by atoms with Crippen molar-refractivity contribution in [1.29, 1.82) is 0 Å². The van der Waals surface area contributed by atoms with Crippen molar-refractivity contribution in [3.63, 3.8) is 0 Å². The van der Waals surface area contributed by atoms with Crippen LogP contribution < -0.4 is 9.47 Å². The minimum Gasteiger partial charge on any atom is -0.507 e. The molecule has 0 saturated carbocycles. The van der Waals surface area contributed by atoms with Crippen molar-refractivity contribution < 1.29 is 24.2 Å². The van der Waals surface area contributed by atoms with Gasteiger partial charge in [0.1, 0.15) is 23.3 Å². The summed E-state index contributed by atoms with van der Waals surface area (Å²) in [4.78, 5) is 32.3. The van der Waals surface area contributed by atoms with Gasteiger partial charge in [-0.25, -0.2) is 0 Å². The molecule has 3 aromatic rings. The molecule has 0 bridgehead atoms. The summed E-state index contributed by atoms with van der Waals surface area (Å²) in [6.07, 6.45) is 1.61. The third-order valence-corrected chi connectivity index (χ3v) is 6.04. The van der Waals surface area contributed by atoms with Gasteiger partial charge >= 0.3 is 0 Å². The van der Waals surface area contributed by atoms with Crippen molar-refractivity contribution in [2.45, 2.75) is 33.4 Å². The van der Waals surface area contributed by atoms with Crippen molar-refractivity contribution in [3.05, 3.63) is 94.8 Å². The number of ketones is 1. The summed E-state index contributed by atoms with van der Waals surface area (Å²) in [6.45, 7) is 6.76. The molecule has 0 aliphatic carbocycles. The van der Waals surface area contributed by atoms with Crippen LogP contribution in [0.2, 0.25) is 0 Å². The van der Waals surface area contributed by atoms with Crippen LogP contribution in [0.1, 0.15) is 42.3 Å². The number of likely N-dealkylation sites (tertiary alicyclic amines) is 1. The van der Waals surface area contributed by atoms with Gasteiger partial charge < -0.3 is 19.5 Å². The molecule has 1 amide bonds. The van der Waals surface area contributed by atoms with E-state index in [1.807, 2.05) is 19.1 Å². The lowest BCUT2D eigenvalue weighted by molar-refractivity contribution is -0.140. The number of benzene rings is 2. The van der Waals surface area contributed by atoms with E-state index in [2.05, 4.69) is 18.8 Å². The Kier molecular flexibility index (Phi) is 7.38. The summed E-state index contributed by atoms with van der Waals surface area (Å²) in [7, 11) is 1.58. The van der Waals surface area contributed by atoms with Crippen LogP contribution in [0.25, 0.3) is 5.76 Å². The SMILES string of the molecule is COc1ccc(CN2C(=O)C(=O)/C(=C(\O)c3ccc(OCC(C)C)c(C)c3)C2c2ccccn2)cc1. The number of nitrogens with zero attached hydrogens (tertiary/aromatic N) is 2. The molecule has 1 aliphatic heterocycles. The van der Waals surface area contributed by atoms with Gasteiger partial charge in [-0.3, -0.25) is 14.6 Å². The lowest BCUT2D eigenvalue weighted by atomic mass is 9.97. The highest BCUT2D eigenvalue weighted by molar-refractivity contribution is 6.46. The molecule has 1 aromatic heterocycles. The number of rotatable bonds is 8. The molecule has 7 nitrogen and oxygen atoms in total. The first-order valence-corrected chi connectivity index (χ1v) is 11.9. The lowest BCUT2D eigenvalue weighted by Gasteiger charge is -2.24. The molecule has 2 aromatic carbocycles. The number of pyridine rings is 1. The number of carbonyl (C=O) groups excluding carboxylic acids is 2. The number of hydrogen-bond acceptors (Lipinski definition) is 6. The quantitative estimate of drug-likeness (QED) is 0.272. The first kappa shape index (κ1) is 25.0. The molecule has 7 heteroatoms. The maximum atomic E-state index is 13.3. The van der Waals surface area contributed by atoms with Crippen LogP contribution in [0.5, 0.6) is 11.5 Å². The van der Waals surface area contributed by atoms with E-state index in [9.17, 15) is 14.7 Å². The van der Waals surface area contributed by atoms with E-state index >= 15 is 0 Å². The summed E-state index contributed by atoms with van der Waals surface area (Å²) >= 11 is 0. The van der Waals surface area contributed by atoms with Crippen LogP contribution >= 0.6 is 0 Å². The Morgan fingerprint density at radius 1 is 1.08 bits per heavy atom. The van der Waals surface area contributed by atoms with Gasteiger partial charge in [0, 0.05) is 18.3 Å². The largest absolute Gasteiger partial charge is 0.507 e. The molecule has 1 aliphatic rings.